The van der Waals surface area contributed by atoms with Crippen molar-refractivity contribution in [3.8, 4) is 5.75 Å². The summed E-state index contributed by atoms with van der Waals surface area (Å²) in [5.41, 5.74) is 2.48. The second-order valence-corrected chi connectivity index (χ2v) is 4.63. The SMILES string of the molecule is COc1ccc2c(c1)cc(C1COCCN1)n2C. The maximum absolute atomic E-state index is 5.53. The summed E-state index contributed by atoms with van der Waals surface area (Å²) in [6.45, 7) is 2.45. The summed E-state index contributed by atoms with van der Waals surface area (Å²) in [5, 5.41) is 4.70. The van der Waals surface area contributed by atoms with Crippen LogP contribution in [0, 0.1) is 0 Å². The summed E-state index contributed by atoms with van der Waals surface area (Å²) in [7, 11) is 3.79. The minimum absolute atomic E-state index is 0.280. The Balaban J connectivity index is 2.04. The Morgan fingerprint density at radius 1 is 1.39 bits per heavy atom. The van der Waals surface area contributed by atoms with Gasteiger partial charge in [-0.2, -0.15) is 0 Å². The first-order valence-electron chi connectivity index (χ1n) is 6.24. The predicted octanol–water partition coefficient (Wildman–Crippen LogP) is 1.85. The number of ether oxygens (including phenoxy) is 2. The maximum Gasteiger partial charge on any atom is 0.119 e. The quantitative estimate of drug-likeness (QED) is 0.878. The van der Waals surface area contributed by atoms with Crippen molar-refractivity contribution >= 4 is 10.9 Å². The van der Waals surface area contributed by atoms with Crippen LogP contribution in [0.15, 0.2) is 24.3 Å². The fraction of sp³-hybridized carbons (Fsp3) is 0.429. The standard InChI is InChI=1S/C14H18N2O2/c1-16-13-4-3-11(17-2)7-10(13)8-14(16)12-9-18-6-5-15-12/h3-4,7-8,12,15H,5-6,9H2,1-2H3. The molecule has 3 rings (SSSR count). The first-order chi connectivity index (χ1) is 8.79. The van der Waals surface area contributed by atoms with E-state index in [0.29, 0.717) is 0 Å². The number of nitrogens with zero attached hydrogens (tertiary/aromatic N) is 1. The monoisotopic (exact) mass is 246 g/mol. The summed E-state index contributed by atoms with van der Waals surface area (Å²) >= 11 is 0. The molecule has 0 spiro atoms. The van der Waals surface area contributed by atoms with Crippen LogP contribution in [0.3, 0.4) is 0 Å². The van der Waals surface area contributed by atoms with Gasteiger partial charge in [-0.15, -0.1) is 0 Å². The first-order valence-corrected chi connectivity index (χ1v) is 6.24. The molecule has 2 aromatic rings. The molecule has 0 saturated carbocycles. The van der Waals surface area contributed by atoms with Crippen molar-refractivity contribution in [2.24, 2.45) is 7.05 Å². The highest BCUT2D eigenvalue weighted by atomic mass is 16.5. The van der Waals surface area contributed by atoms with Crippen LogP contribution >= 0.6 is 0 Å². The molecule has 1 fully saturated rings. The van der Waals surface area contributed by atoms with Gasteiger partial charge in [0.05, 0.1) is 26.4 Å². The summed E-state index contributed by atoms with van der Waals surface area (Å²) < 4.78 is 13.0. The van der Waals surface area contributed by atoms with Gasteiger partial charge in [0.2, 0.25) is 0 Å². The number of methoxy groups -OCH3 is 1. The molecule has 2 heterocycles. The molecule has 1 aromatic heterocycles. The lowest BCUT2D eigenvalue weighted by molar-refractivity contribution is 0.0749. The fourth-order valence-electron chi connectivity index (χ4n) is 2.57. The zero-order valence-corrected chi connectivity index (χ0v) is 10.8. The molecule has 1 aromatic carbocycles. The average molecular weight is 246 g/mol. The third kappa shape index (κ3) is 1.87. The van der Waals surface area contributed by atoms with Crippen LogP contribution in [0.25, 0.3) is 10.9 Å². The highest BCUT2D eigenvalue weighted by Crippen LogP contribution is 2.27. The number of aromatic nitrogens is 1. The molecule has 1 aliphatic heterocycles. The number of rotatable bonds is 2. The van der Waals surface area contributed by atoms with E-state index in [1.807, 2.05) is 6.07 Å². The van der Waals surface area contributed by atoms with Gasteiger partial charge < -0.3 is 19.4 Å². The zero-order valence-electron chi connectivity index (χ0n) is 10.8. The molecule has 1 saturated heterocycles. The van der Waals surface area contributed by atoms with E-state index in [4.69, 9.17) is 9.47 Å². The Morgan fingerprint density at radius 2 is 2.28 bits per heavy atom. The van der Waals surface area contributed by atoms with E-state index in [2.05, 4.69) is 35.1 Å². The van der Waals surface area contributed by atoms with Gasteiger partial charge in [0.1, 0.15) is 5.75 Å². The smallest absolute Gasteiger partial charge is 0.119 e. The molecule has 0 aliphatic carbocycles. The molecule has 18 heavy (non-hydrogen) atoms. The van der Waals surface area contributed by atoms with E-state index in [-0.39, 0.29) is 6.04 Å². The van der Waals surface area contributed by atoms with E-state index < -0.39 is 0 Å². The Bertz CT molecular complexity index is 556. The van der Waals surface area contributed by atoms with Crippen molar-refractivity contribution in [1.29, 1.82) is 0 Å². The van der Waals surface area contributed by atoms with Gasteiger partial charge in [-0.3, -0.25) is 0 Å². The van der Waals surface area contributed by atoms with Gasteiger partial charge >= 0.3 is 0 Å². The van der Waals surface area contributed by atoms with Crippen molar-refractivity contribution in [3.63, 3.8) is 0 Å². The van der Waals surface area contributed by atoms with Gasteiger partial charge in [-0.25, -0.2) is 0 Å². The Kier molecular flexibility index (Phi) is 2.97. The van der Waals surface area contributed by atoms with E-state index >= 15 is 0 Å². The van der Waals surface area contributed by atoms with Crippen molar-refractivity contribution in [1.82, 2.24) is 9.88 Å². The second-order valence-electron chi connectivity index (χ2n) is 4.63. The highest BCUT2D eigenvalue weighted by Gasteiger charge is 2.19. The molecule has 4 nitrogen and oxygen atoms in total. The van der Waals surface area contributed by atoms with E-state index in [9.17, 15) is 0 Å². The van der Waals surface area contributed by atoms with Crippen molar-refractivity contribution in [3.05, 3.63) is 30.0 Å². The molecule has 1 N–H and O–H groups in total. The zero-order chi connectivity index (χ0) is 12.5. The average Bonchev–Trinajstić information content (AvgIpc) is 2.76. The topological polar surface area (TPSA) is 35.4 Å². The van der Waals surface area contributed by atoms with Crippen molar-refractivity contribution in [2.75, 3.05) is 26.9 Å². The number of nitrogens with one attached hydrogen (secondary N) is 1. The number of fused-ring (bicyclic) bond motifs is 1. The summed E-state index contributed by atoms with van der Waals surface area (Å²) in [6, 6.07) is 8.66. The molecule has 0 bridgehead atoms. The third-order valence-electron chi connectivity index (χ3n) is 3.57. The first kappa shape index (κ1) is 11.6. The number of aryl methyl sites for hydroxylation is 1. The summed E-state index contributed by atoms with van der Waals surface area (Å²) in [5.74, 6) is 0.896. The number of hydrogen-bond acceptors (Lipinski definition) is 3. The summed E-state index contributed by atoms with van der Waals surface area (Å²) in [6.07, 6.45) is 0. The highest BCUT2D eigenvalue weighted by molar-refractivity contribution is 5.83. The van der Waals surface area contributed by atoms with Gasteiger partial charge in [-0.1, -0.05) is 0 Å². The van der Waals surface area contributed by atoms with Crippen LogP contribution in [0.1, 0.15) is 11.7 Å². The van der Waals surface area contributed by atoms with E-state index in [0.717, 1.165) is 25.5 Å². The van der Waals surface area contributed by atoms with Crippen LogP contribution in [0.4, 0.5) is 0 Å². The fourth-order valence-corrected chi connectivity index (χ4v) is 2.57. The third-order valence-corrected chi connectivity index (χ3v) is 3.57. The maximum atomic E-state index is 5.53. The molecule has 96 valence electrons. The van der Waals surface area contributed by atoms with Crippen molar-refractivity contribution in [2.45, 2.75) is 6.04 Å². The number of morpholine rings is 1. The predicted molar refractivity (Wildman–Crippen MR) is 71.0 cm³/mol. The molecule has 0 radical (unpaired) electrons. The molecular weight excluding hydrogens is 228 g/mol. The molecule has 0 amide bonds. The molecule has 1 atom stereocenters. The summed E-state index contributed by atoms with van der Waals surface area (Å²) in [4.78, 5) is 0. The minimum atomic E-state index is 0.280. The van der Waals surface area contributed by atoms with Crippen LogP contribution in [-0.4, -0.2) is 31.4 Å². The Hall–Kier alpha value is -1.52. The van der Waals surface area contributed by atoms with Gasteiger partial charge in [0.15, 0.2) is 0 Å². The van der Waals surface area contributed by atoms with E-state index in [1.54, 1.807) is 7.11 Å². The van der Waals surface area contributed by atoms with Crippen LogP contribution in [0.5, 0.6) is 5.75 Å². The van der Waals surface area contributed by atoms with Crippen LogP contribution in [0.2, 0.25) is 0 Å². The lowest BCUT2D eigenvalue weighted by Crippen LogP contribution is -2.35. The Morgan fingerprint density at radius 3 is 3.00 bits per heavy atom. The molecule has 1 aliphatic rings. The second kappa shape index (κ2) is 4.63. The number of benzene rings is 1. The lowest BCUT2D eigenvalue weighted by atomic mass is 10.2. The largest absolute Gasteiger partial charge is 0.497 e. The minimum Gasteiger partial charge on any atom is -0.497 e. The Labute approximate surface area is 106 Å². The van der Waals surface area contributed by atoms with Crippen LogP contribution < -0.4 is 10.1 Å². The molecule has 4 heteroatoms. The molecular formula is C14H18N2O2. The van der Waals surface area contributed by atoms with E-state index in [1.165, 1.54) is 16.6 Å². The van der Waals surface area contributed by atoms with Crippen LogP contribution in [-0.2, 0) is 11.8 Å². The van der Waals surface area contributed by atoms with Gasteiger partial charge in [0.25, 0.3) is 0 Å². The lowest BCUT2D eigenvalue weighted by Gasteiger charge is -2.24. The normalized spacial score (nSPS) is 20.2. The van der Waals surface area contributed by atoms with Gasteiger partial charge in [0, 0.05) is 30.2 Å². The van der Waals surface area contributed by atoms with Crippen molar-refractivity contribution < 1.29 is 9.47 Å². The molecule has 1 unspecified atom stereocenters. The van der Waals surface area contributed by atoms with Gasteiger partial charge in [-0.05, 0) is 24.3 Å². The number of hydrogen-bond donors (Lipinski definition) is 1.